The zero-order valence-electron chi connectivity index (χ0n) is 13.2. The van der Waals surface area contributed by atoms with Crippen LogP contribution in [0, 0.1) is 12.3 Å². The number of rotatable bonds is 2. The first-order chi connectivity index (χ1) is 10.3. The van der Waals surface area contributed by atoms with Gasteiger partial charge < -0.3 is 9.47 Å². The van der Waals surface area contributed by atoms with Crippen molar-refractivity contribution in [3.63, 3.8) is 0 Å². The third-order valence-corrected chi connectivity index (χ3v) is 6.68. The molecule has 0 radical (unpaired) electrons. The van der Waals surface area contributed by atoms with Gasteiger partial charge in [-0.3, -0.25) is 4.79 Å². The molecule has 2 aliphatic heterocycles. The Labute approximate surface area is 131 Å². The van der Waals surface area contributed by atoms with Gasteiger partial charge in [-0.05, 0) is 26.2 Å². The van der Waals surface area contributed by atoms with Gasteiger partial charge in [0.05, 0.1) is 5.41 Å². The Morgan fingerprint density at radius 1 is 1.23 bits per heavy atom. The molecule has 2 aliphatic rings. The van der Waals surface area contributed by atoms with Crippen molar-refractivity contribution in [3.8, 4) is 0 Å². The molecule has 122 valence electrons. The molecule has 22 heavy (non-hydrogen) atoms. The SMILES string of the molecule is Cc1nc(S(=O)(=O)N2CCC3(CCCN(C)C3=O)C2)cn1C. The summed E-state index contributed by atoms with van der Waals surface area (Å²) in [4.78, 5) is 18.4. The molecule has 1 unspecified atom stereocenters. The molecule has 1 atom stereocenters. The lowest BCUT2D eigenvalue weighted by atomic mass is 9.78. The summed E-state index contributed by atoms with van der Waals surface area (Å²) in [6.07, 6.45) is 3.83. The molecule has 0 bridgehead atoms. The van der Waals surface area contributed by atoms with E-state index in [1.807, 2.05) is 0 Å². The van der Waals surface area contributed by atoms with E-state index >= 15 is 0 Å². The molecule has 7 nitrogen and oxygen atoms in total. The largest absolute Gasteiger partial charge is 0.345 e. The van der Waals surface area contributed by atoms with Crippen molar-refractivity contribution in [2.45, 2.75) is 31.2 Å². The van der Waals surface area contributed by atoms with Gasteiger partial charge in [-0.15, -0.1) is 0 Å². The van der Waals surface area contributed by atoms with E-state index in [4.69, 9.17) is 0 Å². The fourth-order valence-corrected chi connectivity index (χ4v) is 5.02. The van der Waals surface area contributed by atoms with E-state index in [1.165, 1.54) is 10.5 Å². The van der Waals surface area contributed by atoms with Crippen LogP contribution in [0.3, 0.4) is 0 Å². The third kappa shape index (κ3) is 2.25. The second kappa shape index (κ2) is 5.06. The van der Waals surface area contributed by atoms with Crippen LogP contribution in [-0.2, 0) is 21.9 Å². The highest BCUT2D eigenvalue weighted by Crippen LogP contribution is 2.41. The number of aromatic nitrogens is 2. The van der Waals surface area contributed by atoms with Crippen LogP contribution in [0.25, 0.3) is 0 Å². The minimum absolute atomic E-state index is 0.0705. The lowest BCUT2D eigenvalue weighted by Gasteiger charge is -2.37. The Kier molecular flexibility index (Phi) is 3.56. The lowest BCUT2D eigenvalue weighted by Crippen LogP contribution is -2.48. The number of amides is 1. The van der Waals surface area contributed by atoms with Crippen molar-refractivity contribution in [2.24, 2.45) is 12.5 Å². The Morgan fingerprint density at radius 3 is 2.59 bits per heavy atom. The quantitative estimate of drug-likeness (QED) is 0.786. The Morgan fingerprint density at radius 2 is 1.95 bits per heavy atom. The van der Waals surface area contributed by atoms with E-state index in [0.717, 1.165) is 19.4 Å². The number of carbonyl (C=O) groups excluding carboxylic acids is 1. The van der Waals surface area contributed by atoms with E-state index < -0.39 is 15.4 Å². The third-order valence-electron chi connectivity index (χ3n) is 4.96. The molecule has 1 spiro atoms. The standard InChI is InChI=1S/C14H22N4O3S/c1-11-15-12(9-17(11)3)22(20,21)18-8-6-14(10-18)5-4-7-16(2)13(14)19/h9H,4-8,10H2,1-3H3. The van der Waals surface area contributed by atoms with E-state index in [9.17, 15) is 13.2 Å². The van der Waals surface area contributed by atoms with Crippen molar-refractivity contribution in [2.75, 3.05) is 26.7 Å². The van der Waals surface area contributed by atoms with Gasteiger partial charge >= 0.3 is 0 Å². The normalized spacial score (nSPS) is 27.0. The summed E-state index contributed by atoms with van der Waals surface area (Å²) >= 11 is 0. The van der Waals surface area contributed by atoms with Crippen LogP contribution in [0.1, 0.15) is 25.1 Å². The summed E-state index contributed by atoms with van der Waals surface area (Å²) in [6.45, 7) is 3.18. The first-order valence-electron chi connectivity index (χ1n) is 7.52. The van der Waals surface area contributed by atoms with Gasteiger partial charge in [0, 0.05) is 39.9 Å². The highest BCUT2D eigenvalue weighted by atomic mass is 32.2. The Bertz CT molecular complexity index is 692. The van der Waals surface area contributed by atoms with Crippen molar-refractivity contribution < 1.29 is 13.2 Å². The number of hydrogen-bond acceptors (Lipinski definition) is 4. The maximum absolute atomic E-state index is 12.7. The summed E-state index contributed by atoms with van der Waals surface area (Å²) in [6, 6.07) is 0. The number of likely N-dealkylation sites (tertiary alicyclic amines) is 1. The smallest absolute Gasteiger partial charge is 0.262 e. The summed E-state index contributed by atoms with van der Waals surface area (Å²) < 4.78 is 28.6. The van der Waals surface area contributed by atoms with Crippen LogP contribution in [0.15, 0.2) is 11.2 Å². The zero-order valence-corrected chi connectivity index (χ0v) is 14.1. The molecule has 2 fully saturated rings. The van der Waals surface area contributed by atoms with Crippen LogP contribution in [-0.4, -0.2) is 59.8 Å². The fraction of sp³-hybridized carbons (Fsp3) is 0.714. The van der Waals surface area contributed by atoms with Crippen molar-refractivity contribution >= 4 is 15.9 Å². The average Bonchev–Trinajstić information content (AvgIpc) is 3.03. The van der Waals surface area contributed by atoms with Gasteiger partial charge in [-0.2, -0.15) is 4.31 Å². The predicted octanol–water partition coefficient (Wildman–Crippen LogP) is 0.362. The molecule has 0 saturated carbocycles. The van der Waals surface area contributed by atoms with Gasteiger partial charge in [0.2, 0.25) is 5.91 Å². The zero-order chi connectivity index (χ0) is 16.1. The van der Waals surface area contributed by atoms with E-state index in [2.05, 4.69) is 4.98 Å². The molecule has 3 rings (SSSR count). The van der Waals surface area contributed by atoms with Crippen molar-refractivity contribution in [1.82, 2.24) is 18.8 Å². The first kappa shape index (κ1) is 15.5. The van der Waals surface area contributed by atoms with Gasteiger partial charge in [-0.25, -0.2) is 13.4 Å². The number of nitrogens with zero attached hydrogens (tertiary/aromatic N) is 4. The van der Waals surface area contributed by atoms with E-state index in [0.29, 0.717) is 18.8 Å². The Balaban J connectivity index is 1.87. The summed E-state index contributed by atoms with van der Waals surface area (Å²) in [5, 5.41) is 0.0705. The van der Waals surface area contributed by atoms with Gasteiger partial charge in [0.25, 0.3) is 10.0 Å². The maximum atomic E-state index is 12.7. The fourth-order valence-electron chi connectivity index (χ4n) is 3.47. The van der Waals surface area contributed by atoms with Crippen LogP contribution >= 0.6 is 0 Å². The second-order valence-electron chi connectivity index (χ2n) is 6.44. The highest BCUT2D eigenvalue weighted by Gasteiger charge is 2.50. The average molecular weight is 326 g/mol. The van der Waals surface area contributed by atoms with Gasteiger partial charge in [0.15, 0.2) is 5.03 Å². The molecule has 1 aromatic rings. The lowest BCUT2D eigenvalue weighted by molar-refractivity contribution is -0.143. The number of imidazole rings is 1. The summed E-state index contributed by atoms with van der Waals surface area (Å²) in [5.41, 5.74) is -0.538. The van der Waals surface area contributed by atoms with Crippen LogP contribution in [0.2, 0.25) is 0 Å². The van der Waals surface area contributed by atoms with E-state index in [-0.39, 0.29) is 17.5 Å². The molecule has 8 heteroatoms. The summed E-state index contributed by atoms with van der Waals surface area (Å²) in [5.74, 6) is 0.731. The number of aryl methyl sites for hydroxylation is 2. The van der Waals surface area contributed by atoms with Crippen LogP contribution in [0.4, 0.5) is 0 Å². The van der Waals surface area contributed by atoms with Crippen molar-refractivity contribution in [1.29, 1.82) is 0 Å². The molecule has 0 aromatic carbocycles. The second-order valence-corrected chi connectivity index (χ2v) is 8.32. The van der Waals surface area contributed by atoms with Crippen LogP contribution in [0.5, 0.6) is 0 Å². The predicted molar refractivity (Wildman–Crippen MR) is 80.6 cm³/mol. The highest BCUT2D eigenvalue weighted by molar-refractivity contribution is 7.89. The molecule has 0 aliphatic carbocycles. The summed E-state index contributed by atoms with van der Waals surface area (Å²) in [7, 11) is -0.0615. The van der Waals surface area contributed by atoms with Gasteiger partial charge in [0.1, 0.15) is 5.82 Å². The maximum Gasteiger partial charge on any atom is 0.262 e. The minimum atomic E-state index is -3.63. The number of sulfonamides is 1. The molecule has 3 heterocycles. The van der Waals surface area contributed by atoms with Crippen molar-refractivity contribution in [3.05, 3.63) is 12.0 Å². The molecular weight excluding hydrogens is 304 g/mol. The molecule has 2 saturated heterocycles. The molecule has 1 amide bonds. The first-order valence-corrected chi connectivity index (χ1v) is 8.96. The molecule has 1 aromatic heterocycles. The van der Waals surface area contributed by atoms with E-state index in [1.54, 1.807) is 30.5 Å². The number of piperidine rings is 1. The topological polar surface area (TPSA) is 75.5 Å². The monoisotopic (exact) mass is 326 g/mol. The number of hydrogen-bond donors (Lipinski definition) is 0. The van der Waals surface area contributed by atoms with Crippen LogP contribution < -0.4 is 0 Å². The Hall–Kier alpha value is -1.41. The number of carbonyl (C=O) groups is 1. The molecular formula is C14H22N4O3S. The minimum Gasteiger partial charge on any atom is -0.345 e. The van der Waals surface area contributed by atoms with Gasteiger partial charge in [-0.1, -0.05) is 0 Å². The molecule has 0 N–H and O–H groups in total.